The molecule has 8 fully saturated rings. The first-order chi connectivity index (χ1) is 28.1. The van der Waals surface area contributed by atoms with E-state index in [1.165, 1.54) is 22.3 Å². The summed E-state index contributed by atoms with van der Waals surface area (Å²) in [7, 11) is 3.15. The molecule has 2 heterocycles. The Labute approximate surface area is 345 Å². The summed E-state index contributed by atoms with van der Waals surface area (Å²) in [5.41, 5.74) is -2.36. The van der Waals surface area contributed by atoms with Gasteiger partial charge in [-0.05, 0) is 131 Å². The van der Waals surface area contributed by atoms with Crippen LogP contribution in [0.15, 0.2) is 42.5 Å². The van der Waals surface area contributed by atoms with Crippen molar-refractivity contribution in [3.05, 3.63) is 53.6 Å². The van der Waals surface area contributed by atoms with E-state index in [9.17, 15) is 32.8 Å². The molecule has 8 aliphatic rings. The molecular weight excluding hydrogens is 792 g/mol. The number of carbonyl (C=O) groups excluding carboxylic acids is 3. The van der Waals surface area contributed by atoms with Gasteiger partial charge in [0.05, 0.1) is 22.9 Å². The highest BCUT2D eigenvalue weighted by atomic mass is 32.1. The Bertz CT molecular complexity index is 2060. The van der Waals surface area contributed by atoms with E-state index in [-0.39, 0.29) is 29.6 Å². The van der Waals surface area contributed by atoms with Crippen LogP contribution in [0, 0.1) is 35.0 Å². The van der Waals surface area contributed by atoms with E-state index in [2.05, 4.69) is 0 Å². The molecule has 4 bridgehead atoms. The Morgan fingerprint density at radius 3 is 2.17 bits per heavy atom. The standard InChI is InChI=1S/C42H46F3N5O8S/c1-47(15-16-48(2)38(53)55-33-5-3-14-40(23-33)56-41(58-57-40)28-18-25-17-26(20-28)21-29(41)19-25)37(52)54-32-10-8-30(9-11-32)50-36(59)49(35(51)39(50)12-4-13-39)31-7-6-27(24-46)34(22-31)42(43,44)45/h6-11,22,25-26,28-29,33H,3-5,12-21,23H2,1-2H3/t25?,26?,28?,29?,33-,40-,41?/m1/s1. The van der Waals surface area contributed by atoms with Gasteiger partial charge in [0.15, 0.2) is 5.11 Å². The summed E-state index contributed by atoms with van der Waals surface area (Å²) in [6, 6.07) is 11.0. The average molecular weight is 838 g/mol. The van der Waals surface area contributed by atoms with E-state index in [4.69, 9.17) is 36.2 Å². The van der Waals surface area contributed by atoms with E-state index in [1.807, 2.05) is 0 Å². The van der Waals surface area contributed by atoms with E-state index in [0.717, 1.165) is 67.4 Å². The number of nitrogens with zero attached hydrogens (tertiary/aromatic N) is 5. The van der Waals surface area contributed by atoms with Crippen LogP contribution in [0.5, 0.6) is 5.75 Å². The number of anilines is 2. The molecule has 2 aromatic carbocycles. The third-order valence-electron chi connectivity index (χ3n) is 13.8. The number of carbonyl (C=O) groups is 3. The lowest BCUT2D eigenvalue weighted by molar-refractivity contribution is -0.390. The van der Waals surface area contributed by atoms with Crippen LogP contribution in [0.3, 0.4) is 0 Å². The first-order valence-corrected chi connectivity index (χ1v) is 20.9. The lowest BCUT2D eigenvalue weighted by Crippen LogP contribution is -2.59. The molecule has 6 saturated carbocycles. The van der Waals surface area contributed by atoms with Gasteiger partial charge in [0.2, 0.25) is 11.6 Å². The third-order valence-corrected chi connectivity index (χ3v) is 14.2. The molecule has 0 N–H and O–H groups in total. The van der Waals surface area contributed by atoms with E-state index >= 15 is 0 Å². The summed E-state index contributed by atoms with van der Waals surface area (Å²) in [6.45, 7) is 0.327. The summed E-state index contributed by atoms with van der Waals surface area (Å²) >= 11 is 5.71. The number of alkyl halides is 3. The van der Waals surface area contributed by atoms with Crippen molar-refractivity contribution >= 4 is 46.8 Å². The lowest BCUT2D eigenvalue weighted by Gasteiger charge is -2.57. The van der Waals surface area contributed by atoms with Crippen LogP contribution in [0.1, 0.15) is 88.2 Å². The number of hydrogen-bond acceptors (Lipinski definition) is 10. The largest absolute Gasteiger partial charge is 0.446 e. The van der Waals surface area contributed by atoms with Gasteiger partial charge in [-0.2, -0.15) is 28.2 Å². The maximum atomic E-state index is 13.8. The highest BCUT2D eigenvalue weighted by molar-refractivity contribution is 7.81. The van der Waals surface area contributed by atoms with Crippen LogP contribution < -0.4 is 14.5 Å². The van der Waals surface area contributed by atoms with Gasteiger partial charge in [-0.3, -0.25) is 9.69 Å². The second-order valence-electron chi connectivity index (χ2n) is 17.5. The summed E-state index contributed by atoms with van der Waals surface area (Å²) in [4.78, 5) is 57.7. The molecule has 3 amide bonds. The Balaban J connectivity index is 0.778. The van der Waals surface area contributed by atoms with Gasteiger partial charge in [-0.25, -0.2) is 9.59 Å². The van der Waals surface area contributed by atoms with Crippen molar-refractivity contribution in [2.45, 2.75) is 106 Å². The lowest BCUT2D eigenvalue weighted by atomic mass is 9.53. The third kappa shape index (κ3) is 6.80. The molecule has 17 heteroatoms. The number of likely N-dealkylation sites (N-methyl/N-ethyl adjacent to an activating group) is 2. The number of nitriles is 1. The second-order valence-corrected chi connectivity index (χ2v) is 17.9. The number of hydrogen-bond donors (Lipinski definition) is 0. The first kappa shape index (κ1) is 39.9. The molecule has 0 unspecified atom stereocenters. The van der Waals surface area contributed by atoms with E-state index in [1.54, 1.807) is 49.3 Å². The normalized spacial score (nSPS) is 31.5. The maximum absolute atomic E-state index is 13.8. The van der Waals surface area contributed by atoms with Crippen molar-refractivity contribution < 1.29 is 51.5 Å². The van der Waals surface area contributed by atoms with Gasteiger partial charge in [0.25, 0.3) is 5.91 Å². The van der Waals surface area contributed by atoms with Crippen LogP contribution in [0.2, 0.25) is 0 Å². The number of halogens is 3. The maximum Gasteiger partial charge on any atom is 0.417 e. The molecule has 2 atom stereocenters. The van der Waals surface area contributed by atoms with Gasteiger partial charge in [0.1, 0.15) is 17.4 Å². The molecular formula is C42H46F3N5O8S. The van der Waals surface area contributed by atoms with E-state index < -0.39 is 58.6 Å². The van der Waals surface area contributed by atoms with Gasteiger partial charge in [-0.1, -0.05) is 0 Å². The van der Waals surface area contributed by atoms with Crippen molar-refractivity contribution in [1.29, 1.82) is 5.26 Å². The minimum atomic E-state index is -4.81. The predicted molar refractivity (Wildman–Crippen MR) is 208 cm³/mol. The topological polar surface area (TPSA) is 134 Å². The Hall–Kier alpha value is -4.50. The van der Waals surface area contributed by atoms with Crippen LogP contribution in [-0.4, -0.2) is 83.4 Å². The average Bonchev–Trinajstić information content (AvgIpc) is 3.67. The van der Waals surface area contributed by atoms with Gasteiger partial charge in [-0.15, -0.1) is 0 Å². The molecule has 314 valence electrons. The molecule has 2 aliphatic heterocycles. The quantitative estimate of drug-likeness (QED) is 0.199. The number of amides is 3. The minimum absolute atomic E-state index is 0.00266. The summed E-state index contributed by atoms with van der Waals surface area (Å²) in [6.07, 6.45) is 3.50. The van der Waals surface area contributed by atoms with Crippen LogP contribution in [-0.2, 0) is 30.2 Å². The SMILES string of the molecule is CN(CCN(C)C(=O)O[C@@H]1CCC[C@]2(C1)OOC1(O2)C2CC3CC(C2)CC1C3)C(=O)Oc1ccc(N2C(=S)N(c3ccc(C#N)c(C(F)(F)F)c3)C(=O)C23CCC3)cc1. The van der Waals surface area contributed by atoms with Crippen LogP contribution in [0.25, 0.3) is 0 Å². The molecule has 3 spiro atoms. The molecule has 13 nitrogen and oxygen atoms in total. The number of ether oxygens (including phenoxy) is 3. The zero-order valence-corrected chi connectivity index (χ0v) is 33.7. The van der Waals surface area contributed by atoms with Crippen molar-refractivity contribution in [2.75, 3.05) is 37.0 Å². The fourth-order valence-electron chi connectivity index (χ4n) is 10.8. The predicted octanol–water partition coefficient (Wildman–Crippen LogP) is 7.91. The molecule has 6 aliphatic carbocycles. The molecule has 10 rings (SSSR count). The van der Waals surface area contributed by atoms with Crippen molar-refractivity contribution in [3.63, 3.8) is 0 Å². The summed E-state index contributed by atoms with van der Waals surface area (Å²) in [5.74, 6) is 0.339. The van der Waals surface area contributed by atoms with Crippen molar-refractivity contribution in [3.8, 4) is 11.8 Å². The second kappa shape index (κ2) is 14.6. The fourth-order valence-corrected chi connectivity index (χ4v) is 11.3. The Kier molecular flexibility index (Phi) is 9.88. The molecule has 2 aromatic rings. The summed E-state index contributed by atoms with van der Waals surface area (Å²) < 4.78 is 59.7. The van der Waals surface area contributed by atoms with E-state index in [0.29, 0.717) is 49.6 Å². The zero-order chi connectivity index (χ0) is 41.5. The number of benzene rings is 2. The minimum Gasteiger partial charge on any atom is -0.446 e. The highest BCUT2D eigenvalue weighted by Crippen LogP contribution is 2.64. The summed E-state index contributed by atoms with van der Waals surface area (Å²) in [5, 5.41) is 9.25. The zero-order valence-electron chi connectivity index (χ0n) is 32.9. The van der Waals surface area contributed by atoms with Crippen molar-refractivity contribution in [1.82, 2.24) is 9.80 Å². The molecule has 0 aromatic heterocycles. The Morgan fingerprint density at radius 1 is 0.915 bits per heavy atom. The van der Waals surface area contributed by atoms with Gasteiger partial charge < -0.3 is 28.9 Å². The number of thiocarbonyl (C=S) groups is 1. The number of rotatable bonds is 7. The molecule has 59 heavy (non-hydrogen) atoms. The Morgan fingerprint density at radius 2 is 1.56 bits per heavy atom. The smallest absolute Gasteiger partial charge is 0.417 e. The fraction of sp³-hybridized carbons (Fsp3) is 0.595. The first-order valence-electron chi connectivity index (χ1n) is 20.5. The van der Waals surface area contributed by atoms with Gasteiger partial charge >= 0.3 is 18.4 Å². The highest BCUT2D eigenvalue weighted by Gasteiger charge is 2.67. The molecule has 0 radical (unpaired) electrons. The molecule has 2 saturated heterocycles. The monoisotopic (exact) mass is 837 g/mol. The van der Waals surface area contributed by atoms with Crippen molar-refractivity contribution in [2.24, 2.45) is 23.7 Å². The van der Waals surface area contributed by atoms with Crippen LogP contribution in [0.4, 0.5) is 34.1 Å². The van der Waals surface area contributed by atoms with Gasteiger partial charge in [0, 0.05) is 57.5 Å². The van der Waals surface area contributed by atoms with Crippen LogP contribution >= 0.6 is 12.2 Å².